The Morgan fingerprint density at radius 2 is 1.81 bits per heavy atom. The summed E-state index contributed by atoms with van der Waals surface area (Å²) < 4.78 is 11.1. The minimum Gasteiger partial charge on any atom is -0.459 e. The maximum Gasteiger partial charge on any atom is 0.344 e. The fourth-order valence-electron chi connectivity index (χ4n) is 3.67. The van der Waals surface area contributed by atoms with Gasteiger partial charge in [-0.2, -0.15) is 0 Å². The zero-order valence-electron chi connectivity index (χ0n) is 15.4. The largest absolute Gasteiger partial charge is 0.459 e. The summed E-state index contributed by atoms with van der Waals surface area (Å²) in [5.41, 5.74) is 2.59. The van der Waals surface area contributed by atoms with E-state index in [0.717, 1.165) is 36.6 Å². The Kier molecular flexibility index (Phi) is 4.80. The molecule has 3 aromatic rings. The molecule has 0 radical (unpaired) electrons. The van der Waals surface area contributed by atoms with Gasteiger partial charge < -0.3 is 9.15 Å². The third-order valence-corrected chi connectivity index (χ3v) is 5.24. The van der Waals surface area contributed by atoms with Gasteiger partial charge in [-0.15, -0.1) is 0 Å². The van der Waals surface area contributed by atoms with Gasteiger partial charge in [-0.25, -0.2) is 9.59 Å². The molecule has 27 heavy (non-hydrogen) atoms. The Bertz CT molecular complexity index is 1040. The molecule has 0 unspecified atom stereocenters. The van der Waals surface area contributed by atoms with Crippen molar-refractivity contribution in [1.29, 1.82) is 0 Å². The topological polar surface area (TPSA) is 56.5 Å². The lowest BCUT2D eigenvalue weighted by Crippen LogP contribution is -2.21. The number of rotatable bonds is 3. The lowest BCUT2D eigenvalue weighted by Gasteiger charge is -2.22. The molecule has 0 N–H and O–H groups in total. The van der Waals surface area contributed by atoms with Crippen molar-refractivity contribution in [2.75, 3.05) is 0 Å². The zero-order chi connectivity index (χ0) is 18.8. The molecular weight excluding hydrogens is 340 g/mol. The first-order valence-electron chi connectivity index (χ1n) is 9.47. The maximum atomic E-state index is 12.7. The van der Waals surface area contributed by atoms with Crippen molar-refractivity contribution >= 4 is 16.9 Å². The van der Waals surface area contributed by atoms with Crippen molar-refractivity contribution in [1.82, 2.24) is 0 Å². The number of carbonyl (C=O) groups excluding carboxylic acids is 1. The molecule has 0 spiro atoms. The first kappa shape index (κ1) is 17.5. The second-order valence-corrected chi connectivity index (χ2v) is 7.18. The van der Waals surface area contributed by atoms with Gasteiger partial charge in [0.2, 0.25) is 0 Å². The fourth-order valence-corrected chi connectivity index (χ4v) is 3.67. The van der Waals surface area contributed by atoms with Gasteiger partial charge >= 0.3 is 11.6 Å². The van der Waals surface area contributed by atoms with Crippen LogP contribution in [-0.4, -0.2) is 12.1 Å². The number of esters is 1. The van der Waals surface area contributed by atoms with E-state index in [-0.39, 0.29) is 12.1 Å². The van der Waals surface area contributed by atoms with Crippen LogP contribution in [0.4, 0.5) is 0 Å². The zero-order valence-corrected chi connectivity index (χ0v) is 15.4. The number of para-hydroxylation sites is 1. The van der Waals surface area contributed by atoms with E-state index in [9.17, 15) is 9.59 Å². The molecule has 0 atom stereocenters. The van der Waals surface area contributed by atoms with Crippen LogP contribution in [0.25, 0.3) is 22.1 Å². The normalized spacial score (nSPS) is 15.0. The fraction of sp³-hybridized carbons (Fsp3) is 0.304. The highest BCUT2D eigenvalue weighted by Gasteiger charge is 2.20. The minimum absolute atomic E-state index is 0.0000412. The first-order chi connectivity index (χ1) is 13.1. The smallest absolute Gasteiger partial charge is 0.344 e. The second-order valence-electron chi connectivity index (χ2n) is 7.18. The Labute approximate surface area is 157 Å². The minimum atomic E-state index is -0.413. The summed E-state index contributed by atoms with van der Waals surface area (Å²) in [6.07, 6.45) is 5.28. The predicted octanol–water partition coefficient (Wildman–Crippen LogP) is 5.26. The molecular formula is C23H22O4. The van der Waals surface area contributed by atoms with Gasteiger partial charge in [0.15, 0.2) is 0 Å². The van der Waals surface area contributed by atoms with E-state index < -0.39 is 5.63 Å². The molecule has 1 saturated carbocycles. The lowest BCUT2D eigenvalue weighted by molar-refractivity contribution is 0.0210. The highest BCUT2D eigenvalue weighted by molar-refractivity contribution is 5.93. The lowest BCUT2D eigenvalue weighted by atomic mass is 9.97. The average molecular weight is 362 g/mol. The Hall–Kier alpha value is -2.88. The SMILES string of the molecule is Cc1ccc(-c2cc3ccccc3oc2=O)cc1C(=O)OC1CCCCC1. The third kappa shape index (κ3) is 3.65. The highest BCUT2D eigenvalue weighted by Crippen LogP contribution is 2.26. The number of carbonyl (C=O) groups is 1. The molecule has 0 aliphatic heterocycles. The third-order valence-electron chi connectivity index (χ3n) is 5.24. The predicted molar refractivity (Wildman–Crippen MR) is 105 cm³/mol. The van der Waals surface area contributed by atoms with Crippen LogP contribution in [0, 0.1) is 6.92 Å². The van der Waals surface area contributed by atoms with E-state index in [0.29, 0.717) is 22.3 Å². The number of fused-ring (bicyclic) bond motifs is 1. The van der Waals surface area contributed by atoms with Gasteiger partial charge in [0.05, 0.1) is 11.1 Å². The molecule has 0 amide bonds. The van der Waals surface area contributed by atoms with E-state index in [2.05, 4.69) is 0 Å². The van der Waals surface area contributed by atoms with Crippen LogP contribution in [0.3, 0.4) is 0 Å². The number of benzene rings is 2. The molecule has 1 heterocycles. The molecule has 4 heteroatoms. The summed E-state index contributed by atoms with van der Waals surface area (Å²) in [7, 11) is 0. The molecule has 138 valence electrons. The summed E-state index contributed by atoms with van der Waals surface area (Å²) in [6.45, 7) is 1.88. The van der Waals surface area contributed by atoms with Gasteiger partial charge in [-0.05, 0) is 61.9 Å². The van der Waals surface area contributed by atoms with Crippen LogP contribution < -0.4 is 5.63 Å². The van der Waals surface area contributed by atoms with Crippen molar-refractivity contribution in [2.45, 2.75) is 45.1 Å². The molecule has 1 aliphatic carbocycles. The van der Waals surface area contributed by atoms with Gasteiger partial charge in [0, 0.05) is 5.39 Å². The molecule has 1 aliphatic rings. The molecule has 0 saturated heterocycles. The van der Waals surface area contributed by atoms with E-state index in [1.54, 1.807) is 12.1 Å². The summed E-state index contributed by atoms with van der Waals surface area (Å²) in [5.74, 6) is -0.313. The Morgan fingerprint density at radius 3 is 2.63 bits per heavy atom. The molecule has 0 bridgehead atoms. The molecule has 1 fully saturated rings. The van der Waals surface area contributed by atoms with Crippen molar-refractivity contribution in [3.05, 3.63) is 70.1 Å². The van der Waals surface area contributed by atoms with Crippen molar-refractivity contribution in [3.63, 3.8) is 0 Å². The van der Waals surface area contributed by atoms with E-state index in [1.165, 1.54) is 6.42 Å². The van der Waals surface area contributed by atoms with Crippen LogP contribution in [-0.2, 0) is 4.74 Å². The van der Waals surface area contributed by atoms with Gasteiger partial charge in [0.1, 0.15) is 11.7 Å². The maximum absolute atomic E-state index is 12.7. The van der Waals surface area contributed by atoms with Gasteiger partial charge in [-0.3, -0.25) is 0 Å². The van der Waals surface area contributed by atoms with Crippen LogP contribution in [0.15, 0.2) is 57.7 Å². The second kappa shape index (κ2) is 7.39. The first-order valence-corrected chi connectivity index (χ1v) is 9.47. The van der Waals surface area contributed by atoms with Crippen LogP contribution >= 0.6 is 0 Å². The van der Waals surface area contributed by atoms with Crippen molar-refractivity contribution < 1.29 is 13.9 Å². The molecule has 1 aromatic heterocycles. The standard InChI is InChI=1S/C23H22O4/c1-15-11-12-16(13-19(15)22(24)26-18-8-3-2-4-9-18)20-14-17-7-5-6-10-21(17)27-23(20)25/h5-7,10-14,18H,2-4,8-9H2,1H3. The van der Waals surface area contributed by atoms with E-state index in [4.69, 9.17) is 9.15 Å². The quantitative estimate of drug-likeness (QED) is 0.471. The van der Waals surface area contributed by atoms with Gasteiger partial charge in [0.25, 0.3) is 0 Å². The van der Waals surface area contributed by atoms with Crippen molar-refractivity contribution in [2.24, 2.45) is 0 Å². The van der Waals surface area contributed by atoms with Crippen LogP contribution in [0.5, 0.6) is 0 Å². The van der Waals surface area contributed by atoms with E-state index in [1.807, 2.05) is 43.3 Å². The van der Waals surface area contributed by atoms with Crippen LogP contribution in [0.1, 0.15) is 48.0 Å². The number of hydrogen-bond donors (Lipinski definition) is 0. The summed E-state index contributed by atoms with van der Waals surface area (Å²) >= 11 is 0. The molecule has 4 nitrogen and oxygen atoms in total. The number of hydrogen-bond acceptors (Lipinski definition) is 4. The highest BCUT2D eigenvalue weighted by atomic mass is 16.5. The Balaban J connectivity index is 1.69. The summed E-state index contributed by atoms with van der Waals surface area (Å²) in [5, 5.41) is 0.846. The van der Waals surface area contributed by atoms with Gasteiger partial charge in [-0.1, -0.05) is 36.8 Å². The Morgan fingerprint density at radius 1 is 1.04 bits per heavy atom. The van der Waals surface area contributed by atoms with E-state index >= 15 is 0 Å². The average Bonchev–Trinajstić information content (AvgIpc) is 2.68. The summed E-state index contributed by atoms with van der Waals surface area (Å²) in [4.78, 5) is 25.1. The molecule has 2 aromatic carbocycles. The molecule has 4 rings (SSSR count). The monoisotopic (exact) mass is 362 g/mol. The number of aryl methyl sites for hydroxylation is 1. The number of ether oxygens (including phenoxy) is 1. The van der Waals surface area contributed by atoms with Crippen LogP contribution in [0.2, 0.25) is 0 Å². The summed E-state index contributed by atoms with van der Waals surface area (Å²) in [6, 6.07) is 14.6. The van der Waals surface area contributed by atoms with Crippen molar-refractivity contribution in [3.8, 4) is 11.1 Å².